The van der Waals surface area contributed by atoms with Crippen LogP contribution in [0.3, 0.4) is 0 Å². The van der Waals surface area contributed by atoms with Crippen LogP contribution in [0.25, 0.3) is 22.3 Å². The molecule has 2 aliphatic rings. The number of rotatable bonds is 16. The second-order valence-corrected chi connectivity index (χ2v) is 16.1. The molecule has 2 fully saturated rings. The van der Waals surface area contributed by atoms with Gasteiger partial charge in [0.05, 0.1) is 42.7 Å². The lowest BCUT2D eigenvalue weighted by molar-refractivity contribution is 0.0654. The molecule has 11 nitrogen and oxygen atoms in total. The molecule has 0 aromatic heterocycles. The summed E-state index contributed by atoms with van der Waals surface area (Å²) in [6, 6.07) is 23.2. The SMILES string of the molecule is COc1cc(-c2ccc(C(=O)N3CCC(CC(CC4CCN(C(=O)c5ccc(-c6cc(OC)c(OC)c(OC)c6)cc5)CC4)CN(C)C)CC3)cc2)cc(OC)c1OC.Cl. The third-order valence-corrected chi connectivity index (χ3v) is 12.0. The van der Waals surface area contributed by atoms with Gasteiger partial charge in [0.2, 0.25) is 11.5 Å². The Kier molecular flexibility index (Phi) is 16.4. The lowest BCUT2D eigenvalue weighted by Crippen LogP contribution is -2.40. The van der Waals surface area contributed by atoms with Gasteiger partial charge in [0, 0.05) is 43.9 Å². The van der Waals surface area contributed by atoms with Crippen LogP contribution in [0.2, 0.25) is 0 Å². The molecule has 4 aromatic carbocycles. The molecule has 2 amide bonds. The zero-order chi connectivity index (χ0) is 42.1. The maximum Gasteiger partial charge on any atom is 0.253 e. The minimum Gasteiger partial charge on any atom is -0.493 e. The number of halogens is 1. The van der Waals surface area contributed by atoms with Crippen molar-refractivity contribution in [3.05, 3.63) is 83.9 Å². The summed E-state index contributed by atoms with van der Waals surface area (Å²) in [6.45, 7) is 4.15. The van der Waals surface area contributed by atoms with Crippen molar-refractivity contribution < 1.29 is 38.0 Å². The van der Waals surface area contributed by atoms with Crippen LogP contribution in [0.15, 0.2) is 72.8 Å². The molecular weight excluding hydrogens is 782 g/mol. The van der Waals surface area contributed by atoms with E-state index in [4.69, 9.17) is 28.4 Å². The highest BCUT2D eigenvalue weighted by Gasteiger charge is 2.30. The van der Waals surface area contributed by atoms with Crippen LogP contribution in [-0.4, -0.2) is 116 Å². The fourth-order valence-corrected chi connectivity index (χ4v) is 8.92. The molecule has 324 valence electrons. The van der Waals surface area contributed by atoms with Gasteiger partial charge in [0.1, 0.15) is 0 Å². The lowest BCUT2D eigenvalue weighted by Gasteiger charge is -2.37. The Bertz CT molecular complexity index is 1830. The number of hydrogen-bond donors (Lipinski definition) is 0. The van der Waals surface area contributed by atoms with Gasteiger partial charge in [0.25, 0.3) is 11.8 Å². The van der Waals surface area contributed by atoms with E-state index in [1.54, 1.807) is 42.7 Å². The van der Waals surface area contributed by atoms with Gasteiger partial charge < -0.3 is 43.1 Å². The summed E-state index contributed by atoms with van der Waals surface area (Å²) in [6.07, 6.45) is 6.41. The van der Waals surface area contributed by atoms with Crippen molar-refractivity contribution in [1.29, 1.82) is 0 Å². The Morgan fingerprint density at radius 3 is 1.12 bits per heavy atom. The van der Waals surface area contributed by atoms with E-state index < -0.39 is 0 Å². The normalized spacial score (nSPS) is 14.8. The van der Waals surface area contributed by atoms with Crippen LogP contribution < -0.4 is 28.4 Å². The Morgan fingerprint density at radius 2 is 0.850 bits per heavy atom. The summed E-state index contributed by atoms with van der Waals surface area (Å²) < 4.78 is 33.1. The number of carbonyl (C=O) groups is 2. The van der Waals surface area contributed by atoms with Crippen molar-refractivity contribution >= 4 is 24.2 Å². The Morgan fingerprint density at radius 1 is 0.533 bits per heavy atom. The molecule has 2 heterocycles. The summed E-state index contributed by atoms with van der Waals surface area (Å²) in [7, 11) is 13.9. The topological polar surface area (TPSA) is 99.2 Å². The van der Waals surface area contributed by atoms with Crippen molar-refractivity contribution in [2.24, 2.45) is 17.8 Å². The Balaban J connectivity index is 0.00000683. The Hall–Kier alpha value is -5.13. The zero-order valence-electron chi connectivity index (χ0n) is 36.5. The molecule has 12 heteroatoms. The first-order chi connectivity index (χ1) is 28.6. The molecule has 0 atom stereocenters. The molecule has 0 bridgehead atoms. The van der Waals surface area contributed by atoms with Crippen LogP contribution in [0, 0.1) is 17.8 Å². The number of carbonyl (C=O) groups excluding carboxylic acids is 2. The van der Waals surface area contributed by atoms with E-state index in [1.807, 2.05) is 82.6 Å². The lowest BCUT2D eigenvalue weighted by atomic mass is 9.80. The molecule has 0 N–H and O–H groups in total. The number of nitrogens with zero attached hydrogens (tertiary/aromatic N) is 3. The van der Waals surface area contributed by atoms with Gasteiger partial charge in [-0.1, -0.05) is 24.3 Å². The van der Waals surface area contributed by atoms with Crippen LogP contribution >= 0.6 is 12.4 Å². The number of likely N-dealkylation sites (tertiary alicyclic amines) is 2. The van der Waals surface area contributed by atoms with E-state index in [0.717, 1.165) is 80.7 Å². The monoisotopic (exact) mass is 843 g/mol. The highest BCUT2D eigenvalue weighted by atomic mass is 35.5. The second-order valence-electron chi connectivity index (χ2n) is 16.1. The van der Waals surface area contributed by atoms with Gasteiger partial charge in [0.15, 0.2) is 23.0 Å². The summed E-state index contributed by atoms with van der Waals surface area (Å²) >= 11 is 0. The van der Waals surface area contributed by atoms with E-state index in [0.29, 0.717) is 63.4 Å². The second kappa shape index (κ2) is 21.4. The van der Waals surface area contributed by atoms with E-state index in [9.17, 15) is 9.59 Å². The molecule has 0 saturated carbocycles. The number of methoxy groups -OCH3 is 6. The number of piperidine rings is 2. The largest absolute Gasteiger partial charge is 0.493 e. The van der Waals surface area contributed by atoms with Gasteiger partial charge in [-0.2, -0.15) is 0 Å². The summed E-state index contributed by atoms with van der Waals surface area (Å²) in [4.78, 5) is 33.5. The number of hydrogen-bond acceptors (Lipinski definition) is 9. The third-order valence-electron chi connectivity index (χ3n) is 12.0. The first kappa shape index (κ1) is 45.9. The van der Waals surface area contributed by atoms with Gasteiger partial charge >= 0.3 is 0 Å². The summed E-state index contributed by atoms with van der Waals surface area (Å²) in [5, 5.41) is 0. The van der Waals surface area contributed by atoms with E-state index in [1.165, 1.54) is 12.8 Å². The fraction of sp³-hybridized carbons (Fsp3) is 0.458. The molecule has 0 aliphatic carbocycles. The molecular formula is C48H62ClN3O8. The van der Waals surface area contributed by atoms with Gasteiger partial charge in [-0.05, 0) is 141 Å². The number of amides is 2. The first-order valence-corrected chi connectivity index (χ1v) is 20.6. The smallest absolute Gasteiger partial charge is 0.253 e. The highest BCUT2D eigenvalue weighted by molar-refractivity contribution is 5.95. The van der Waals surface area contributed by atoms with Gasteiger partial charge in [-0.15, -0.1) is 12.4 Å². The fourth-order valence-electron chi connectivity index (χ4n) is 8.92. The van der Waals surface area contributed by atoms with E-state index in [-0.39, 0.29) is 24.2 Å². The number of ether oxygens (including phenoxy) is 6. The predicted octanol–water partition coefficient (Wildman–Crippen LogP) is 8.86. The van der Waals surface area contributed by atoms with Crippen molar-refractivity contribution in [2.75, 3.05) is 89.5 Å². The first-order valence-electron chi connectivity index (χ1n) is 20.6. The van der Waals surface area contributed by atoms with Gasteiger partial charge in [-0.3, -0.25) is 9.59 Å². The molecule has 2 aliphatic heterocycles. The molecule has 60 heavy (non-hydrogen) atoms. The average Bonchev–Trinajstić information content (AvgIpc) is 3.27. The minimum absolute atomic E-state index is 0. The standard InChI is InChI=1S/C48H61N3O8.ClH/c1-49(2)31-34(25-32-17-21-50(22-18-32)47(52)37-13-9-35(10-14-37)39-27-41(54-3)45(58-7)42(28-39)55-4)26-33-19-23-51(24-20-33)48(53)38-15-11-36(12-16-38)40-29-43(56-5)46(59-8)44(30-40)57-6;/h9-16,27-30,32-34H,17-26,31H2,1-8H3;1H. The maximum atomic E-state index is 13.6. The van der Waals surface area contributed by atoms with E-state index >= 15 is 0 Å². The number of benzene rings is 4. The van der Waals surface area contributed by atoms with Crippen LogP contribution in [0.4, 0.5) is 0 Å². The maximum absolute atomic E-state index is 13.6. The van der Waals surface area contributed by atoms with Crippen LogP contribution in [0.5, 0.6) is 34.5 Å². The molecule has 0 spiro atoms. The van der Waals surface area contributed by atoms with Crippen molar-refractivity contribution in [3.8, 4) is 56.8 Å². The quantitative estimate of drug-likeness (QED) is 0.110. The summed E-state index contributed by atoms with van der Waals surface area (Å²) in [5.74, 6) is 5.38. The van der Waals surface area contributed by atoms with Crippen LogP contribution in [-0.2, 0) is 0 Å². The molecule has 4 aromatic rings. The predicted molar refractivity (Wildman–Crippen MR) is 239 cm³/mol. The van der Waals surface area contributed by atoms with Crippen LogP contribution in [0.1, 0.15) is 59.2 Å². The minimum atomic E-state index is 0. The third kappa shape index (κ3) is 10.8. The average molecular weight is 844 g/mol. The Labute approximate surface area is 362 Å². The summed E-state index contributed by atoms with van der Waals surface area (Å²) in [5.41, 5.74) is 5.15. The van der Waals surface area contributed by atoms with Crippen molar-refractivity contribution in [2.45, 2.75) is 38.5 Å². The van der Waals surface area contributed by atoms with Crippen molar-refractivity contribution in [3.63, 3.8) is 0 Å². The molecule has 0 radical (unpaired) electrons. The van der Waals surface area contributed by atoms with E-state index in [2.05, 4.69) is 19.0 Å². The molecule has 2 saturated heterocycles. The molecule has 6 rings (SSSR count). The zero-order valence-corrected chi connectivity index (χ0v) is 37.3. The van der Waals surface area contributed by atoms with Gasteiger partial charge in [-0.25, -0.2) is 0 Å². The van der Waals surface area contributed by atoms with Crippen molar-refractivity contribution in [1.82, 2.24) is 14.7 Å². The molecule has 0 unspecified atom stereocenters. The highest BCUT2D eigenvalue weighted by Crippen LogP contribution is 2.43.